The summed E-state index contributed by atoms with van der Waals surface area (Å²) in [6, 6.07) is 3.10. The number of hydrogen-bond acceptors (Lipinski definition) is 2. The highest BCUT2D eigenvalue weighted by Crippen LogP contribution is 2.34. The average molecular weight is 231 g/mol. The topological polar surface area (TPSA) is 9.23 Å². The molecular formula is C10H8ClFOS. The van der Waals surface area contributed by atoms with E-state index in [1.54, 1.807) is 11.4 Å². The largest absolute Gasteiger partial charge is 0.491 e. The summed E-state index contributed by atoms with van der Waals surface area (Å²) < 4.78 is 19.3. The first-order valence-corrected chi connectivity index (χ1v) is 5.47. The normalized spacial score (nSPS) is 10.8. The molecule has 0 unspecified atom stereocenters. The molecule has 74 valence electrons. The number of ether oxygens (including phenoxy) is 1. The van der Waals surface area contributed by atoms with Crippen molar-refractivity contribution in [1.29, 1.82) is 0 Å². The Morgan fingerprint density at radius 1 is 1.50 bits per heavy atom. The number of hydrogen-bond donors (Lipinski definition) is 0. The Morgan fingerprint density at radius 3 is 3.00 bits per heavy atom. The van der Waals surface area contributed by atoms with Gasteiger partial charge in [0.2, 0.25) is 0 Å². The van der Waals surface area contributed by atoms with Gasteiger partial charge in [0.15, 0.2) is 11.6 Å². The van der Waals surface area contributed by atoms with Crippen molar-refractivity contribution in [3.8, 4) is 5.75 Å². The molecule has 0 aliphatic heterocycles. The summed E-state index contributed by atoms with van der Waals surface area (Å²) >= 11 is 7.36. The highest BCUT2D eigenvalue weighted by Gasteiger charge is 2.09. The Hall–Kier alpha value is -0.800. The third-order valence-corrected chi connectivity index (χ3v) is 3.27. The van der Waals surface area contributed by atoms with Crippen molar-refractivity contribution in [3.63, 3.8) is 0 Å². The monoisotopic (exact) mass is 230 g/mol. The van der Waals surface area contributed by atoms with Gasteiger partial charge in [-0.15, -0.1) is 11.3 Å². The predicted octanol–water partition coefficient (Wildman–Crippen LogP) is 4.09. The van der Waals surface area contributed by atoms with Gasteiger partial charge < -0.3 is 4.74 Å². The highest BCUT2D eigenvalue weighted by molar-refractivity contribution is 7.17. The lowest BCUT2D eigenvalue weighted by Crippen LogP contribution is -1.93. The van der Waals surface area contributed by atoms with E-state index in [9.17, 15) is 4.39 Å². The van der Waals surface area contributed by atoms with Crippen molar-refractivity contribution in [2.45, 2.75) is 6.92 Å². The van der Waals surface area contributed by atoms with Gasteiger partial charge in [0.25, 0.3) is 0 Å². The third-order valence-electron chi connectivity index (χ3n) is 1.88. The zero-order chi connectivity index (χ0) is 10.1. The number of rotatable bonds is 2. The molecule has 1 aromatic carbocycles. The molecule has 0 aliphatic carbocycles. The third kappa shape index (κ3) is 1.57. The number of thiophene rings is 1. The fourth-order valence-corrected chi connectivity index (χ4v) is 2.43. The quantitative estimate of drug-likeness (QED) is 0.755. The van der Waals surface area contributed by atoms with Crippen LogP contribution in [0.1, 0.15) is 6.92 Å². The second kappa shape index (κ2) is 3.75. The van der Waals surface area contributed by atoms with Crippen molar-refractivity contribution < 1.29 is 9.13 Å². The summed E-state index contributed by atoms with van der Waals surface area (Å²) in [4.78, 5) is 0. The van der Waals surface area contributed by atoms with Gasteiger partial charge in [-0.05, 0) is 19.1 Å². The minimum absolute atomic E-state index is 0.264. The molecule has 2 aromatic rings. The van der Waals surface area contributed by atoms with Crippen LogP contribution in [0.5, 0.6) is 5.75 Å². The zero-order valence-corrected chi connectivity index (χ0v) is 9.08. The van der Waals surface area contributed by atoms with E-state index < -0.39 is 0 Å². The van der Waals surface area contributed by atoms with Gasteiger partial charge in [0.05, 0.1) is 11.6 Å². The van der Waals surface area contributed by atoms with Gasteiger partial charge in [-0.1, -0.05) is 11.6 Å². The van der Waals surface area contributed by atoms with E-state index in [2.05, 4.69) is 0 Å². The molecule has 1 nitrogen and oxygen atoms in total. The molecule has 0 N–H and O–H groups in total. The fraction of sp³-hybridized carbons (Fsp3) is 0.200. The van der Waals surface area contributed by atoms with E-state index >= 15 is 0 Å². The van der Waals surface area contributed by atoms with Crippen molar-refractivity contribution in [3.05, 3.63) is 28.4 Å². The average Bonchev–Trinajstić information content (AvgIpc) is 2.49. The summed E-state index contributed by atoms with van der Waals surface area (Å²) in [6.07, 6.45) is 0. The predicted molar refractivity (Wildman–Crippen MR) is 58.0 cm³/mol. The SMILES string of the molecule is CCOc1cc2c(Cl)csc2cc1F. The van der Waals surface area contributed by atoms with Gasteiger partial charge >= 0.3 is 0 Å². The van der Waals surface area contributed by atoms with E-state index in [4.69, 9.17) is 16.3 Å². The van der Waals surface area contributed by atoms with Crippen LogP contribution < -0.4 is 4.74 Å². The van der Waals surface area contributed by atoms with Gasteiger partial charge in [-0.25, -0.2) is 4.39 Å². The van der Waals surface area contributed by atoms with Crippen molar-refractivity contribution >= 4 is 33.0 Å². The first-order valence-electron chi connectivity index (χ1n) is 4.21. The number of benzene rings is 1. The molecule has 1 aromatic heterocycles. The Balaban J connectivity index is 2.61. The maximum Gasteiger partial charge on any atom is 0.166 e. The van der Waals surface area contributed by atoms with Crippen LogP contribution in [-0.2, 0) is 0 Å². The fourth-order valence-electron chi connectivity index (χ4n) is 1.26. The first-order chi connectivity index (χ1) is 6.72. The molecule has 1 heterocycles. The maximum absolute atomic E-state index is 13.4. The van der Waals surface area contributed by atoms with E-state index in [0.717, 1.165) is 10.1 Å². The van der Waals surface area contributed by atoms with Gasteiger partial charge in [0, 0.05) is 15.5 Å². The molecule has 0 bridgehead atoms. The van der Waals surface area contributed by atoms with Crippen LogP contribution in [0, 0.1) is 5.82 Å². The van der Waals surface area contributed by atoms with Gasteiger partial charge in [-0.2, -0.15) is 0 Å². The lowest BCUT2D eigenvalue weighted by molar-refractivity contribution is 0.322. The maximum atomic E-state index is 13.4. The molecular weight excluding hydrogens is 223 g/mol. The lowest BCUT2D eigenvalue weighted by atomic mass is 10.2. The number of halogens is 2. The summed E-state index contributed by atoms with van der Waals surface area (Å²) in [5, 5.41) is 3.29. The van der Waals surface area contributed by atoms with E-state index in [1.165, 1.54) is 17.4 Å². The Bertz CT molecular complexity index is 466. The Kier molecular flexibility index (Phi) is 2.61. The molecule has 4 heteroatoms. The minimum Gasteiger partial charge on any atom is -0.491 e. The highest BCUT2D eigenvalue weighted by atomic mass is 35.5. The second-order valence-corrected chi connectivity index (χ2v) is 4.11. The molecule has 0 saturated carbocycles. The van der Waals surface area contributed by atoms with Crippen LogP contribution in [0.15, 0.2) is 17.5 Å². The van der Waals surface area contributed by atoms with Crippen LogP contribution in [0.25, 0.3) is 10.1 Å². The summed E-state index contributed by atoms with van der Waals surface area (Å²) in [6.45, 7) is 2.27. The Morgan fingerprint density at radius 2 is 2.29 bits per heavy atom. The van der Waals surface area contributed by atoms with Crippen LogP contribution in [-0.4, -0.2) is 6.61 Å². The van der Waals surface area contributed by atoms with Crippen LogP contribution >= 0.6 is 22.9 Å². The molecule has 0 fully saturated rings. The number of fused-ring (bicyclic) bond motifs is 1. The first kappa shape index (κ1) is 9.74. The van der Waals surface area contributed by atoms with Crippen LogP contribution in [0.3, 0.4) is 0 Å². The molecule has 0 radical (unpaired) electrons. The van der Waals surface area contributed by atoms with E-state index in [0.29, 0.717) is 11.6 Å². The molecule has 0 atom stereocenters. The summed E-state index contributed by atoms with van der Waals surface area (Å²) in [5.74, 6) is -0.0711. The zero-order valence-electron chi connectivity index (χ0n) is 7.51. The van der Waals surface area contributed by atoms with Gasteiger partial charge in [-0.3, -0.25) is 0 Å². The second-order valence-electron chi connectivity index (χ2n) is 2.80. The van der Waals surface area contributed by atoms with Crippen molar-refractivity contribution in [2.75, 3.05) is 6.61 Å². The summed E-state index contributed by atoms with van der Waals surface area (Å²) in [5.41, 5.74) is 0. The molecule has 0 saturated heterocycles. The van der Waals surface area contributed by atoms with Crippen LogP contribution in [0.2, 0.25) is 5.02 Å². The molecule has 0 spiro atoms. The smallest absolute Gasteiger partial charge is 0.166 e. The van der Waals surface area contributed by atoms with E-state index in [1.807, 2.05) is 6.92 Å². The Labute approximate surface area is 90.1 Å². The van der Waals surface area contributed by atoms with Gasteiger partial charge in [0.1, 0.15) is 0 Å². The molecule has 0 aliphatic rings. The van der Waals surface area contributed by atoms with E-state index in [-0.39, 0.29) is 11.6 Å². The molecule has 14 heavy (non-hydrogen) atoms. The van der Waals surface area contributed by atoms with Crippen molar-refractivity contribution in [1.82, 2.24) is 0 Å². The molecule has 2 rings (SSSR count). The standard InChI is InChI=1S/C10H8ClFOS/c1-2-13-9-3-6-7(11)5-14-10(6)4-8(9)12/h3-5H,2H2,1H3. The van der Waals surface area contributed by atoms with Crippen LogP contribution in [0.4, 0.5) is 4.39 Å². The molecule has 0 amide bonds. The minimum atomic E-state index is -0.335. The lowest BCUT2D eigenvalue weighted by Gasteiger charge is -2.04. The summed E-state index contributed by atoms with van der Waals surface area (Å²) in [7, 11) is 0. The van der Waals surface area contributed by atoms with Crippen molar-refractivity contribution in [2.24, 2.45) is 0 Å².